The standard InChI is InChI=1S/C15H24N4O/c1-4-13(5-2)19-8-6-12(18-19)10-15(17-16)14-7-9-20-11(14)3/h6-9,13,15,17H,4-5,10,16H2,1-3H3. The molecule has 0 aliphatic heterocycles. The van der Waals surface area contributed by atoms with Crippen LogP contribution in [0.5, 0.6) is 0 Å². The molecule has 5 nitrogen and oxygen atoms in total. The minimum atomic E-state index is 0.0267. The van der Waals surface area contributed by atoms with E-state index in [1.54, 1.807) is 6.26 Å². The smallest absolute Gasteiger partial charge is 0.105 e. The summed E-state index contributed by atoms with van der Waals surface area (Å²) in [6.45, 7) is 6.33. The summed E-state index contributed by atoms with van der Waals surface area (Å²) in [6.07, 6.45) is 6.69. The van der Waals surface area contributed by atoms with Gasteiger partial charge in [-0.25, -0.2) is 0 Å². The molecule has 2 rings (SSSR count). The van der Waals surface area contributed by atoms with E-state index in [1.165, 1.54) is 0 Å². The van der Waals surface area contributed by atoms with Crippen molar-refractivity contribution in [1.82, 2.24) is 15.2 Å². The summed E-state index contributed by atoms with van der Waals surface area (Å²) < 4.78 is 7.40. The van der Waals surface area contributed by atoms with Crippen LogP contribution in [0.15, 0.2) is 29.0 Å². The van der Waals surface area contributed by atoms with Gasteiger partial charge in [-0.2, -0.15) is 5.10 Å². The van der Waals surface area contributed by atoms with Gasteiger partial charge in [0.05, 0.1) is 24.0 Å². The molecule has 0 aliphatic rings. The average Bonchev–Trinajstić information content (AvgIpc) is 3.07. The van der Waals surface area contributed by atoms with E-state index in [0.29, 0.717) is 6.04 Å². The Kier molecular flexibility index (Phi) is 4.98. The summed E-state index contributed by atoms with van der Waals surface area (Å²) in [5.41, 5.74) is 4.98. The van der Waals surface area contributed by atoms with E-state index in [9.17, 15) is 0 Å². The molecule has 0 saturated heterocycles. The zero-order valence-corrected chi connectivity index (χ0v) is 12.5. The summed E-state index contributed by atoms with van der Waals surface area (Å²) in [5.74, 6) is 6.57. The molecule has 20 heavy (non-hydrogen) atoms. The maximum atomic E-state index is 5.67. The lowest BCUT2D eigenvalue weighted by atomic mass is 10.0. The van der Waals surface area contributed by atoms with Crippen molar-refractivity contribution in [2.45, 2.75) is 52.1 Å². The lowest BCUT2D eigenvalue weighted by Crippen LogP contribution is -2.30. The number of rotatable bonds is 7. The second-order valence-corrected chi connectivity index (χ2v) is 5.11. The lowest BCUT2D eigenvalue weighted by molar-refractivity contribution is 0.422. The number of hydrazine groups is 1. The molecule has 0 aromatic carbocycles. The van der Waals surface area contributed by atoms with Crippen molar-refractivity contribution in [3.8, 4) is 0 Å². The fourth-order valence-corrected chi connectivity index (χ4v) is 2.58. The maximum Gasteiger partial charge on any atom is 0.105 e. The van der Waals surface area contributed by atoms with E-state index in [0.717, 1.165) is 36.3 Å². The number of furan rings is 1. The highest BCUT2D eigenvalue weighted by Crippen LogP contribution is 2.22. The second kappa shape index (κ2) is 6.72. The topological polar surface area (TPSA) is 69.0 Å². The van der Waals surface area contributed by atoms with Gasteiger partial charge < -0.3 is 4.42 Å². The normalized spacial score (nSPS) is 13.1. The first-order chi connectivity index (χ1) is 9.69. The molecular weight excluding hydrogens is 252 g/mol. The van der Waals surface area contributed by atoms with E-state index < -0.39 is 0 Å². The van der Waals surface area contributed by atoms with Gasteiger partial charge >= 0.3 is 0 Å². The Hall–Kier alpha value is -1.59. The van der Waals surface area contributed by atoms with Crippen LogP contribution in [0.25, 0.3) is 0 Å². The predicted molar refractivity (Wildman–Crippen MR) is 79.1 cm³/mol. The Bertz CT molecular complexity index is 527. The largest absolute Gasteiger partial charge is 0.469 e. The van der Waals surface area contributed by atoms with Gasteiger partial charge in [0.15, 0.2) is 0 Å². The molecule has 0 bridgehead atoms. The van der Waals surface area contributed by atoms with Crippen molar-refractivity contribution in [2.24, 2.45) is 5.84 Å². The summed E-state index contributed by atoms with van der Waals surface area (Å²) >= 11 is 0. The van der Waals surface area contributed by atoms with Gasteiger partial charge in [0.1, 0.15) is 5.76 Å². The van der Waals surface area contributed by atoms with Gasteiger partial charge in [-0.05, 0) is 31.9 Å². The van der Waals surface area contributed by atoms with E-state index in [4.69, 9.17) is 10.3 Å². The van der Waals surface area contributed by atoms with Crippen molar-refractivity contribution in [3.05, 3.63) is 41.6 Å². The Balaban J connectivity index is 2.11. The van der Waals surface area contributed by atoms with Gasteiger partial charge in [-0.1, -0.05) is 13.8 Å². The minimum absolute atomic E-state index is 0.0267. The first kappa shape index (κ1) is 14.8. The van der Waals surface area contributed by atoms with Gasteiger partial charge in [0.25, 0.3) is 0 Å². The Morgan fingerprint density at radius 2 is 2.10 bits per heavy atom. The van der Waals surface area contributed by atoms with Crippen molar-refractivity contribution in [3.63, 3.8) is 0 Å². The molecule has 0 amide bonds. The number of hydrogen-bond donors (Lipinski definition) is 2. The molecule has 110 valence electrons. The van der Waals surface area contributed by atoms with Gasteiger partial charge in [-0.15, -0.1) is 0 Å². The molecule has 3 N–H and O–H groups in total. The van der Waals surface area contributed by atoms with Crippen molar-refractivity contribution >= 4 is 0 Å². The highest BCUT2D eigenvalue weighted by Gasteiger charge is 2.17. The van der Waals surface area contributed by atoms with E-state index in [1.807, 2.05) is 13.0 Å². The molecule has 2 heterocycles. The monoisotopic (exact) mass is 276 g/mol. The number of hydrogen-bond acceptors (Lipinski definition) is 4. The molecule has 2 aromatic heterocycles. The minimum Gasteiger partial charge on any atom is -0.469 e. The molecule has 0 fully saturated rings. The third kappa shape index (κ3) is 3.11. The highest BCUT2D eigenvalue weighted by molar-refractivity contribution is 5.22. The van der Waals surface area contributed by atoms with Crippen LogP contribution in [0.1, 0.15) is 55.8 Å². The van der Waals surface area contributed by atoms with Gasteiger partial charge in [0.2, 0.25) is 0 Å². The first-order valence-electron chi connectivity index (χ1n) is 7.23. The number of aromatic nitrogens is 2. The number of nitrogens with zero attached hydrogens (tertiary/aromatic N) is 2. The molecule has 5 heteroatoms. The Morgan fingerprint density at radius 1 is 1.35 bits per heavy atom. The van der Waals surface area contributed by atoms with E-state index >= 15 is 0 Å². The molecule has 1 atom stereocenters. The van der Waals surface area contributed by atoms with Crippen LogP contribution < -0.4 is 11.3 Å². The summed E-state index contributed by atoms with van der Waals surface area (Å²) in [5, 5.41) is 4.67. The second-order valence-electron chi connectivity index (χ2n) is 5.11. The molecule has 0 radical (unpaired) electrons. The van der Waals surface area contributed by atoms with Gasteiger partial charge in [0, 0.05) is 18.2 Å². The Morgan fingerprint density at radius 3 is 2.65 bits per heavy atom. The van der Waals surface area contributed by atoms with Crippen LogP contribution in [-0.4, -0.2) is 9.78 Å². The Labute approximate surface area is 120 Å². The number of aryl methyl sites for hydroxylation is 1. The van der Waals surface area contributed by atoms with Crippen LogP contribution in [-0.2, 0) is 6.42 Å². The lowest BCUT2D eigenvalue weighted by Gasteiger charge is -2.15. The summed E-state index contributed by atoms with van der Waals surface area (Å²) in [7, 11) is 0. The van der Waals surface area contributed by atoms with Crippen molar-refractivity contribution < 1.29 is 4.42 Å². The fourth-order valence-electron chi connectivity index (χ4n) is 2.58. The third-order valence-electron chi connectivity index (χ3n) is 3.87. The van der Waals surface area contributed by atoms with Crippen molar-refractivity contribution in [1.29, 1.82) is 0 Å². The first-order valence-corrected chi connectivity index (χ1v) is 7.23. The zero-order chi connectivity index (χ0) is 14.5. The zero-order valence-electron chi connectivity index (χ0n) is 12.5. The van der Waals surface area contributed by atoms with E-state index in [-0.39, 0.29) is 6.04 Å². The number of nitrogens with two attached hydrogens (primary N) is 1. The predicted octanol–water partition coefficient (Wildman–Crippen LogP) is 2.89. The molecule has 0 aliphatic carbocycles. The fraction of sp³-hybridized carbons (Fsp3) is 0.533. The SMILES string of the molecule is CCC(CC)n1ccc(CC(NN)c2ccoc2C)n1. The maximum absolute atomic E-state index is 5.67. The molecule has 1 unspecified atom stereocenters. The third-order valence-corrected chi connectivity index (χ3v) is 3.87. The summed E-state index contributed by atoms with van der Waals surface area (Å²) in [6, 6.07) is 4.53. The average molecular weight is 276 g/mol. The van der Waals surface area contributed by atoms with Crippen LogP contribution in [0.3, 0.4) is 0 Å². The number of nitrogens with one attached hydrogen (secondary N) is 1. The molecule has 0 spiro atoms. The summed E-state index contributed by atoms with van der Waals surface area (Å²) in [4.78, 5) is 0. The van der Waals surface area contributed by atoms with Crippen molar-refractivity contribution in [2.75, 3.05) is 0 Å². The highest BCUT2D eigenvalue weighted by atomic mass is 16.3. The van der Waals surface area contributed by atoms with Gasteiger partial charge in [-0.3, -0.25) is 16.0 Å². The van der Waals surface area contributed by atoms with Crippen LogP contribution in [0.2, 0.25) is 0 Å². The van der Waals surface area contributed by atoms with Crippen LogP contribution in [0, 0.1) is 6.92 Å². The van der Waals surface area contributed by atoms with E-state index in [2.05, 4.69) is 41.3 Å². The quantitative estimate of drug-likeness (QED) is 0.602. The molecule has 0 saturated carbocycles. The molecule has 2 aromatic rings. The van der Waals surface area contributed by atoms with Crippen LogP contribution in [0.4, 0.5) is 0 Å². The van der Waals surface area contributed by atoms with Crippen LogP contribution >= 0.6 is 0 Å². The molecular formula is C15H24N4O.